The summed E-state index contributed by atoms with van der Waals surface area (Å²) >= 11 is 0. The van der Waals surface area contributed by atoms with E-state index in [2.05, 4.69) is 37.5 Å². The molecule has 1 aliphatic rings. The van der Waals surface area contributed by atoms with Gasteiger partial charge in [-0.3, -0.25) is 4.90 Å². The molecule has 1 saturated heterocycles. The number of rotatable bonds is 4. The maximum Gasteiger partial charge on any atom is 0.0601 e. The van der Waals surface area contributed by atoms with Crippen LogP contribution in [0.4, 0.5) is 0 Å². The van der Waals surface area contributed by atoms with E-state index in [4.69, 9.17) is 0 Å². The Hall–Kier alpha value is -0.480. The Balaban J connectivity index is 2.09. The molecule has 0 amide bonds. The first kappa shape index (κ1) is 13.6. The second-order valence-corrected chi connectivity index (χ2v) is 5.41. The lowest BCUT2D eigenvalue weighted by molar-refractivity contribution is 0.200. The molecule has 1 aliphatic heterocycles. The first-order valence-corrected chi connectivity index (χ1v) is 6.90. The van der Waals surface area contributed by atoms with Crippen molar-refractivity contribution in [2.75, 3.05) is 19.6 Å². The maximum absolute atomic E-state index is 3.32. The highest BCUT2D eigenvalue weighted by molar-refractivity contribution is 5.01. The number of hydrogen-bond acceptors (Lipinski definition) is 1. The summed E-state index contributed by atoms with van der Waals surface area (Å²) in [5, 5.41) is 0. The minimum atomic E-state index is 0.787. The quantitative estimate of drug-likeness (QED) is 0.656. The summed E-state index contributed by atoms with van der Waals surface area (Å²) in [5.41, 5.74) is 0. The fourth-order valence-electron chi connectivity index (χ4n) is 2.17. The van der Waals surface area contributed by atoms with Gasteiger partial charge in [0.25, 0.3) is 0 Å². The summed E-state index contributed by atoms with van der Waals surface area (Å²) in [6, 6.07) is 0. The Kier molecular flexibility index (Phi) is 6.57. The van der Waals surface area contributed by atoms with Gasteiger partial charge in [0, 0.05) is 6.42 Å². The fourth-order valence-corrected chi connectivity index (χ4v) is 2.17. The summed E-state index contributed by atoms with van der Waals surface area (Å²) in [4.78, 5) is 2.51. The Labute approximate surface area is 102 Å². The molecule has 0 aliphatic carbocycles. The lowest BCUT2D eigenvalue weighted by Gasteiger charge is -2.29. The lowest BCUT2D eigenvalue weighted by Crippen LogP contribution is -2.33. The average Bonchev–Trinajstić information content (AvgIpc) is 2.29. The van der Waals surface area contributed by atoms with Crippen molar-refractivity contribution in [1.82, 2.24) is 4.90 Å². The molecule has 16 heavy (non-hydrogen) atoms. The van der Waals surface area contributed by atoms with E-state index < -0.39 is 0 Å². The van der Waals surface area contributed by atoms with Crippen LogP contribution in [0.5, 0.6) is 0 Å². The summed E-state index contributed by atoms with van der Waals surface area (Å²) in [5.74, 6) is 8.38. The van der Waals surface area contributed by atoms with Gasteiger partial charge in [-0.1, -0.05) is 33.1 Å². The second kappa shape index (κ2) is 7.74. The Morgan fingerprint density at radius 2 is 1.88 bits per heavy atom. The van der Waals surface area contributed by atoms with Gasteiger partial charge < -0.3 is 0 Å². The summed E-state index contributed by atoms with van der Waals surface area (Å²) in [6.07, 6.45) is 6.43. The zero-order valence-electron chi connectivity index (χ0n) is 11.3. The molecule has 0 bridgehead atoms. The third kappa shape index (κ3) is 5.56. The minimum absolute atomic E-state index is 0.787. The van der Waals surface area contributed by atoms with E-state index in [1.807, 2.05) is 0 Å². The van der Waals surface area contributed by atoms with Gasteiger partial charge in [-0.15, -0.1) is 5.92 Å². The first-order valence-electron chi connectivity index (χ1n) is 6.90. The molecule has 0 aromatic heterocycles. The van der Waals surface area contributed by atoms with Crippen molar-refractivity contribution in [3.63, 3.8) is 0 Å². The molecule has 1 nitrogen and oxygen atoms in total. The summed E-state index contributed by atoms with van der Waals surface area (Å²) in [6.45, 7) is 10.4. The predicted molar refractivity (Wildman–Crippen MR) is 71.3 cm³/mol. The van der Waals surface area contributed by atoms with Crippen LogP contribution in [0.25, 0.3) is 0 Å². The lowest BCUT2D eigenvalue weighted by atomic mass is 9.94. The highest BCUT2D eigenvalue weighted by Gasteiger charge is 2.16. The highest BCUT2D eigenvalue weighted by Crippen LogP contribution is 2.19. The van der Waals surface area contributed by atoms with Crippen LogP contribution >= 0.6 is 0 Å². The van der Waals surface area contributed by atoms with Gasteiger partial charge in [0.2, 0.25) is 0 Å². The van der Waals surface area contributed by atoms with Crippen LogP contribution in [0.2, 0.25) is 0 Å². The molecule has 1 heteroatoms. The highest BCUT2D eigenvalue weighted by atomic mass is 15.1. The SMILES string of the molecule is CCC1CCN(CC#CCCC(C)C)CC1. The van der Waals surface area contributed by atoms with Gasteiger partial charge >= 0.3 is 0 Å². The normalized spacial score (nSPS) is 18.5. The Morgan fingerprint density at radius 1 is 1.19 bits per heavy atom. The minimum Gasteiger partial charge on any atom is -0.292 e. The van der Waals surface area contributed by atoms with Gasteiger partial charge in [-0.05, 0) is 44.2 Å². The number of nitrogens with zero attached hydrogens (tertiary/aromatic N) is 1. The molecule has 0 N–H and O–H groups in total. The van der Waals surface area contributed by atoms with Gasteiger partial charge in [0.15, 0.2) is 0 Å². The number of hydrogen-bond donors (Lipinski definition) is 0. The molecule has 0 atom stereocenters. The first-order chi connectivity index (χ1) is 7.72. The van der Waals surface area contributed by atoms with Crippen molar-refractivity contribution < 1.29 is 0 Å². The zero-order valence-corrected chi connectivity index (χ0v) is 11.3. The largest absolute Gasteiger partial charge is 0.292 e. The van der Waals surface area contributed by atoms with Crippen LogP contribution in [-0.2, 0) is 0 Å². The topological polar surface area (TPSA) is 3.24 Å². The number of likely N-dealkylation sites (tertiary alicyclic amines) is 1. The molecule has 1 rings (SSSR count). The van der Waals surface area contributed by atoms with E-state index in [0.717, 1.165) is 24.8 Å². The zero-order chi connectivity index (χ0) is 11.8. The van der Waals surface area contributed by atoms with E-state index in [9.17, 15) is 0 Å². The number of piperidine rings is 1. The third-order valence-electron chi connectivity index (χ3n) is 3.56. The van der Waals surface area contributed by atoms with Gasteiger partial charge in [0.05, 0.1) is 6.54 Å². The molecule has 0 spiro atoms. The van der Waals surface area contributed by atoms with Crippen LogP contribution in [0.1, 0.15) is 52.9 Å². The molecule has 0 aromatic rings. The van der Waals surface area contributed by atoms with Crippen LogP contribution < -0.4 is 0 Å². The molecule has 1 heterocycles. The van der Waals surface area contributed by atoms with Crippen molar-refractivity contribution >= 4 is 0 Å². The Bertz CT molecular complexity index is 226. The summed E-state index contributed by atoms with van der Waals surface area (Å²) in [7, 11) is 0. The van der Waals surface area contributed by atoms with E-state index in [1.165, 1.54) is 38.8 Å². The van der Waals surface area contributed by atoms with E-state index in [0.29, 0.717) is 0 Å². The fraction of sp³-hybridized carbons (Fsp3) is 0.867. The van der Waals surface area contributed by atoms with Gasteiger partial charge in [-0.2, -0.15) is 0 Å². The molecular weight excluding hydrogens is 194 g/mol. The molecular formula is C15H27N. The molecule has 92 valence electrons. The van der Waals surface area contributed by atoms with E-state index in [-0.39, 0.29) is 0 Å². The second-order valence-electron chi connectivity index (χ2n) is 5.41. The van der Waals surface area contributed by atoms with Crippen LogP contribution in [0.15, 0.2) is 0 Å². The predicted octanol–water partition coefficient (Wildman–Crippen LogP) is 3.55. The monoisotopic (exact) mass is 221 g/mol. The van der Waals surface area contributed by atoms with Crippen molar-refractivity contribution in [3.8, 4) is 11.8 Å². The van der Waals surface area contributed by atoms with Crippen molar-refractivity contribution in [2.45, 2.75) is 52.9 Å². The maximum atomic E-state index is 3.32. The average molecular weight is 221 g/mol. The molecule has 1 fully saturated rings. The van der Waals surface area contributed by atoms with Crippen LogP contribution in [-0.4, -0.2) is 24.5 Å². The molecule has 0 unspecified atom stereocenters. The molecule has 0 radical (unpaired) electrons. The van der Waals surface area contributed by atoms with Crippen molar-refractivity contribution in [2.24, 2.45) is 11.8 Å². The summed E-state index contributed by atoms with van der Waals surface area (Å²) < 4.78 is 0. The Morgan fingerprint density at radius 3 is 2.44 bits per heavy atom. The van der Waals surface area contributed by atoms with Gasteiger partial charge in [0.1, 0.15) is 0 Å². The molecule has 0 aromatic carbocycles. The van der Waals surface area contributed by atoms with E-state index in [1.54, 1.807) is 0 Å². The third-order valence-corrected chi connectivity index (χ3v) is 3.56. The van der Waals surface area contributed by atoms with Crippen molar-refractivity contribution in [1.29, 1.82) is 0 Å². The molecule has 0 saturated carbocycles. The van der Waals surface area contributed by atoms with Crippen LogP contribution in [0, 0.1) is 23.7 Å². The van der Waals surface area contributed by atoms with Crippen LogP contribution in [0.3, 0.4) is 0 Å². The standard InChI is InChI=1S/C15H27N/c1-4-15-9-12-16(13-10-15)11-7-5-6-8-14(2)3/h14-15H,4,6,8-13H2,1-3H3. The smallest absolute Gasteiger partial charge is 0.0601 e. The van der Waals surface area contributed by atoms with E-state index >= 15 is 0 Å². The van der Waals surface area contributed by atoms with Crippen molar-refractivity contribution in [3.05, 3.63) is 0 Å². The van der Waals surface area contributed by atoms with Gasteiger partial charge in [-0.25, -0.2) is 0 Å².